The Morgan fingerprint density at radius 3 is 3.00 bits per heavy atom. The van der Waals surface area contributed by atoms with Crippen molar-refractivity contribution in [3.8, 4) is 6.07 Å². The zero-order valence-electron chi connectivity index (χ0n) is 11.8. The molecule has 2 aliphatic heterocycles. The Hall–Kier alpha value is -1.97. The molecule has 2 saturated heterocycles. The number of hydrogen-bond acceptors (Lipinski definition) is 5. The average molecular weight is 286 g/mol. The number of pyridine rings is 1. The second kappa shape index (κ2) is 6.20. The third-order valence-electron chi connectivity index (χ3n) is 4.08. The molecule has 6 heteroatoms. The van der Waals surface area contributed by atoms with Crippen LogP contribution in [0.1, 0.15) is 36.6 Å². The molecule has 6 nitrogen and oxygen atoms in total. The van der Waals surface area contributed by atoms with Crippen molar-refractivity contribution in [2.75, 3.05) is 19.7 Å². The number of amides is 1. The van der Waals surface area contributed by atoms with Gasteiger partial charge in [-0.2, -0.15) is 5.26 Å². The molecule has 0 unspecified atom stereocenters. The van der Waals surface area contributed by atoms with Gasteiger partial charge in [0.25, 0.3) is 0 Å². The molecule has 0 aliphatic carbocycles. The first-order valence-electron chi connectivity index (χ1n) is 7.33. The molecule has 0 aromatic carbocycles. The van der Waals surface area contributed by atoms with E-state index in [0.717, 1.165) is 25.9 Å². The average Bonchev–Trinajstić information content (AvgIpc) is 3.04. The number of carbonyl (C=O) groups excluding carboxylic acids is 1. The number of hydrogen-bond donors (Lipinski definition) is 1. The van der Waals surface area contributed by atoms with Crippen LogP contribution >= 0.6 is 0 Å². The SMILES string of the molecule is N#Cc1cccnc1[C@@H]1CCON1C(=O)C1CCNCC1. The lowest BCUT2D eigenvalue weighted by Gasteiger charge is -2.29. The van der Waals surface area contributed by atoms with Gasteiger partial charge in [0.15, 0.2) is 0 Å². The van der Waals surface area contributed by atoms with Gasteiger partial charge in [0, 0.05) is 18.5 Å². The highest BCUT2D eigenvalue weighted by atomic mass is 16.7. The van der Waals surface area contributed by atoms with Crippen LogP contribution in [0.15, 0.2) is 18.3 Å². The summed E-state index contributed by atoms with van der Waals surface area (Å²) < 4.78 is 0. The van der Waals surface area contributed by atoms with Gasteiger partial charge in [-0.15, -0.1) is 0 Å². The third kappa shape index (κ3) is 2.75. The predicted octanol–water partition coefficient (Wildman–Crippen LogP) is 1.16. The molecule has 0 bridgehead atoms. The summed E-state index contributed by atoms with van der Waals surface area (Å²) in [5.74, 6) is 0.0228. The van der Waals surface area contributed by atoms with Crippen LogP contribution in [0.4, 0.5) is 0 Å². The number of piperidine rings is 1. The molecular weight excluding hydrogens is 268 g/mol. The van der Waals surface area contributed by atoms with Gasteiger partial charge in [-0.05, 0) is 38.1 Å². The zero-order valence-corrected chi connectivity index (χ0v) is 11.8. The molecule has 1 aromatic heterocycles. The summed E-state index contributed by atoms with van der Waals surface area (Å²) in [6, 6.07) is 5.36. The molecule has 3 heterocycles. The van der Waals surface area contributed by atoms with Crippen molar-refractivity contribution >= 4 is 5.91 Å². The Labute approximate surface area is 123 Å². The number of nitriles is 1. The fourth-order valence-electron chi connectivity index (χ4n) is 2.96. The fourth-order valence-corrected chi connectivity index (χ4v) is 2.96. The second-order valence-electron chi connectivity index (χ2n) is 5.37. The monoisotopic (exact) mass is 286 g/mol. The summed E-state index contributed by atoms with van der Waals surface area (Å²) >= 11 is 0. The van der Waals surface area contributed by atoms with Crippen LogP contribution in [0, 0.1) is 17.2 Å². The maximum Gasteiger partial charge on any atom is 0.249 e. The normalized spacial score (nSPS) is 23.0. The Morgan fingerprint density at radius 2 is 2.24 bits per heavy atom. The summed E-state index contributed by atoms with van der Waals surface area (Å²) in [6.45, 7) is 2.21. The van der Waals surface area contributed by atoms with Gasteiger partial charge in [0.05, 0.1) is 17.9 Å². The van der Waals surface area contributed by atoms with Crippen molar-refractivity contribution in [1.29, 1.82) is 5.26 Å². The van der Waals surface area contributed by atoms with Gasteiger partial charge in [0.2, 0.25) is 5.91 Å². The summed E-state index contributed by atoms with van der Waals surface area (Å²) in [5.41, 5.74) is 1.15. The molecule has 2 aliphatic rings. The molecule has 1 atom stereocenters. The molecule has 0 spiro atoms. The summed E-state index contributed by atoms with van der Waals surface area (Å²) in [4.78, 5) is 22.5. The van der Waals surface area contributed by atoms with E-state index < -0.39 is 0 Å². The van der Waals surface area contributed by atoms with Crippen molar-refractivity contribution in [3.05, 3.63) is 29.6 Å². The first-order chi connectivity index (χ1) is 10.3. The lowest BCUT2D eigenvalue weighted by Crippen LogP contribution is -2.40. The number of rotatable bonds is 2. The van der Waals surface area contributed by atoms with Crippen LogP contribution in [-0.4, -0.2) is 35.7 Å². The molecule has 3 rings (SSSR count). The van der Waals surface area contributed by atoms with Crippen molar-refractivity contribution in [2.45, 2.75) is 25.3 Å². The smallest absolute Gasteiger partial charge is 0.249 e. The van der Waals surface area contributed by atoms with Crippen molar-refractivity contribution in [1.82, 2.24) is 15.4 Å². The second-order valence-corrected chi connectivity index (χ2v) is 5.37. The van der Waals surface area contributed by atoms with E-state index in [-0.39, 0.29) is 17.9 Å². The highest BCUT2D eigenvalue weighted by Gasteiger charge is 2.37. The standard InChI is InChI=1S/C15H18N4O2/c16-10-12-2-1-6-18-14(12)13-5-9-21-19(13)15(20)11-3-7-17-8-4-11/h1-2,6,11,13,17H,3-5,7-9H2/t13-/m0/s1. The first-order valence-corrected chi connectivity index (χ1v) is 7.33. The predicted molar refractivity (Wildman–Crippen MR) is 74.7 cm³/mol. The Kier molecular flexibility index (Phi) is 4.13. The van der Waals surface area contributed by atoms with Crippen LogP contribution in [0.25, 0.3) is 0 Å². The van der Waals surface area contributed by atoms with E-state index in [4.69, 9.17) is 4.84 Å². The maximum atomic E-state index is 12.6. The van der Waals surface area contributed by atoms with Crippen LogP contribution in [0.5, 0.6) is 0 Å². The minimum absolute atomic E-state index is 0.00102. The van der Waals surface area contributed by atoms with Gasteiger partial charge in [-0.25, -0.2) is 5.06 Å². The molecule has 2 fully saturated rings. The molecule has 1 N–H and O–H groups in total. The number of nitrogens with zero attached hydrogens (tertiary/aromatic N) is 3. The van der Waals surface area contributed by atoms with Crippen LogP contribution in [0.2, 0.25) is 0 Å². The number of aromatic nitrogens is 1. The fraction of sp³-hybridized carbons (Fsp3) is 0.533. The lowest BCUT2D eigenvalue weighted by atomic mass is 9.96. The molecule has 0 radical (unpaired) electrons. The summed E-state index contributed by atoms with van der Waals surface area (Å²) in [6.07, 6.45) is 4.00. The zero-order chi connectivity index (χ0) is 14.7. The molecule has 1 amide bonds. The molecule has 0 saturated carbocycles. The van der Waals surface area contributed by atoms with E-state index in [1.54, 1.807) is 18.3 Å². The van der Waals surface area contributed by atoms with Crippen molar-refractivity contribution in [2.24, 2.45) is 5.92 Å². The number of carbonyl (C=O) groups is 1. The van der Waals surface area contributed by atoms with Gasteiger partial charge in [0.1, 0.15) is 12.1 Å². The van der Waals surface area contributed by atoms with E-state index in [2.05, 4.69) is 16.4 Å². The van der Waals surface area contributed by atoms with E-state index in [1.165, 1.54) is 5.06 Å². The Morgan fingerprint density at radius 1 is 1.43 bits per heavy atom. The first kappa shape index (κ1) is 14.0. The van der Waals surface area contributed by atoms with E-state index >= 15 is 0 Å². The third-order valence-corrected chi connectivity index (χ3v) is 4.08. The van der Waals surface area contributed by atoms with Crippen molar-refractivity contribution < 1.29 is 9.63 Å². The molecular formula is C15H18N4O2. The van der Waals surface area contributed by atoms with Crippen molar-refractivity contribution in [3.63, 3.8) is 0 Å². The Bertz CT molecular complexity index is 563. The van der Waals surface area contributed by atoms with E-state index in [1.807, 2.05) is 0 Å². The molecule has 1 aromatic rings. The largest absolute Gasteiger partial charge is 0.317 e. The lowest BCUT2D eigenvalue weighted by molar-refractivity contribution is -0.182. The molecule has 110 valence electrons. The number of nitrogens with one attached hydrogen (secondary N) is 1. The van der Waals surface area contributed by atoms with Crippen LogP contribution < -0.4 is 5.32 Å². The quantitative estimate of drug-likeness (QED) is 0.882. The van der Waals surface area contributed by atoms with Crippen LogP contribution in [-0.2, 0) is 9.63 Å². The van der Waals surface area contributed by atoms with E-state index in [9.17, 15) is 10.1 Å². The van der Waals surface area contributed by atoms with Gasteiger partial charge >= 0.3 is 0 Å². The maximum absolute atomic E-state index is 12.6. The minimum Gasteiger partial charge on any atom is -0.317 e. The topological polar surface area (TPSA) is 78.2 Å². The van der Waals surface area contributed by atoms with E-state index in [0.29, 0.717) is 24.3 Å². The van der Waals surface area contributed by atoms with Gasteiger partial charge in [-0.3, -0.25) is 14.6 Å². The highest BCUT2D eigenvalue weighted by Crippen LogP contribution is 2.33. The summed E-state index contributed by atoms with van der Waals surface area (Å²) in [5, 5.41) is 13.9. The molecule has 21 heavy (non-hydrogen) atoms. The number of hydroxylamine groups is 2. The highest BCUT2D eigenvalue weighted by molar-refractivity contribution is 5.78. The minimum atomic E-state index is -0.247. The van der Waals surface area contributed by atoms with Gasteiger partial charge in [-0.1, -0.05) is 0 Å². The van der Waals surface area contributed by atoms with Crippen LogP contribution in [0.3, 0.4) is 0 Å². The Balaban J connectivity index is 1.82. The summed E-state index contributed by atoms with van der Waals surface area (Å²) in [7, 11) is 0. The van der Waals surface area contributed by atoms with Gasteiger partial charge < -0.3 is 5.32 Å².